The van der Waals surface area contributed by atoms with Gasteiger partial charge < -0.3 is 10.4 Å². The second-order valence-corrected chi connectivity index (χ2v) is 5.57. The van der Waals surface area contributed by atoms with Crippen LogP contribution in [0.3, 0.4) is 0 Å². The third kappa shape index (κ3) is 4.19. The van der Waals surface area contributed by atoms with Gasteiger partial charge in [0.1, 0.15) is 0 Å². The van der Waals surface area contributed by atoms with E-state index in [1.165, 1.54) is 16.9 Å². The van der Waals surface area contributed by atoms with E-state index in [0.717, 1.165) is 11.3 Å². The minimum absolute atomic E-state index is 0.359. The fourth-order valence-corrected chi connectivity index (χ4v) is 2.71. The minimum atomic E-state index is -0.861. The first-order chi connectivity index (χ1) is 9.15. The van der Waals surface area contributed by atoms with E-state index < -0.39 is 5.97 Å². The lowest BCUT2D eigenvalue weighted by atomic mass is 10.1. The van der Waals surface area contributed by atoms with E-state index in [9.17, 15) is 4.79 Å². The molecular weight excluding hydrogens is 258 g/mol. The molecule has 1 heterocycles. The Hall–Kier alpha value is -1.65. The number of hydrogen-bond acceptors (Lipinski definition) is 3. The van der Waals surface area contributed by atoms with Crippen LogP contribution in [0.25, 0.3) is 0 Å². The van der Waals surface area contributed by atoms with Crippen LogP contribution in [0.1, 0.15) is 27.7 Å². The van der Waals surface area contributed by atoms with Crippen molar-refractivity contribution in [3.05, 3.63) is 57.8 Å². The largest absolute Gasteiger partial charge is 0.478 e. The quantitative estimate of drug-likeness (QED) is 0.851. The molecule has 0 fully saturated rings. The highest BCUT2D eigenvalue weighted by atomic mass is 32.1. The van der Waals surface area contributed by atoms with Crippen LogP contribution in [-0.4, -0.2) is 17.1 Å². The Balaban J connectivity index is 1.83. The van der Waals surface area contributed by atoms with Crippen molar-refractivity contribution < 1.29 is 9.90 Å². The molecule has 1 unspecified atom stereocenters. The molecule has 4 heteroatoms. The van der Waals surface area contributed by atoms with Crippen molar-refractivity contribution in [2.45, 2.75) is 25.9 Å². The molecule has 1 aromatic carbocycles. The van der Waals surface area contributed by atoms with Crippen molar-refractivity contribution in [2.24, 2.45) is 0 Å². The Morgan fingerprint density at radius 2 is 2.11 bits per heavy atom. The molecule has 0 saturated carbocycles. The van der Waals surface area contributed by atoms with Gasteiger partial charge in [0.2, 0.25) is 0 Å². The number of carbonyl (C=O) groups is 1. The van der Waals surface area contributed by atoms with Crippen LogP contribution in [0, 0.1) is 0 Å². The molecule has 100 valence electrons. The van der Waals surface area contributed by atoms with Crippen LogP contribution in [0.4, 0.5) is 0 Å². The van der Waals surface area contributed by atoms with Crippen molar-refractivity contribution in [2.75, 3.05) is 0 Å². The Labute approximate surface area is 116 Å². The molecule has 0 aliphatic rings. The van der Waals surface area contributed by atoms with E-state index in [2.05, 4.69) is 24.4 Å². The topological polar surface area (TPSA) is 49.3 Å². The lowest BCUT2D eigenvalue weighted by Gasteiger charge is -2.13. The maximum atomic E-state index is 10.8. The van der Waals surface area contributed by atoms with Crippen LogP contribution >= 0.6 is 11.3 Å². The van der Waals surface area contributed by atoms with E-state index in [4.69, 9.17) is 5.11 Å². The third-order valence-corrected chi connectivity index (χ3v) is 3.85. The zero-order valence-electron chi connectivity index (χ0n) is 10.8. The molecule has 0 saturated heterocycles. The van der Waals surface area contributed by atoms with Gasteiger partial charge in [0.05, 0.1) is 5.56 Å². The van der Waals surface area contributed by atoms with E-state index in [1.807, 2.05) is 18.2 Å². The van der Waals surface area contributed by atoms with E-state index >= 15 is 0 Å². The molecule has 0 aliphatic carbocycles. The fraction of sp³-hybridized carbons (Fsp3) is 0.267. The summed E-state index contributed by atoms with van der Waals surface area (Å²) in [5.74, 6) is -0.861. The second-order valence-electron chi connectivity index (χ2n) is 4.58. The maximum absolute atomic E-state index is 10.8. The fourth-order valence-electron chi connectivity index (χ4n) is 1.90. The first kappa shape index (κ1) is 13.8. The van der Waals surface area contributed by atoms with E-state index in [-0.39, 0.29) is 0 Å². The molecular formula is C15H17NO2S. The predicted molar refractivity (Wildman–Crippen MR) is 77.7 cm³/mol. The number of carboxylic acid groups (broad SMARTS) is 1. The Morgan fingerprint density at radius 3 is 2.74 bits per heavy atom. The number of aromatic carboxylic acids is 1. The van der Waals surface area contributed by atoms with Crippen LogP contribution in [0.5, 0.6) is 0 Å². The zero-order chi connectivity index (χ0) is 13.7. The number of carboxylic acids is 1. The van der Waals surface area contributed by atoms with Crippen LogP contribution < -0.4 is 5.32 Å². The Morgan fingerprint density at radius 1 is 1.37 bits per heavy atom. The second kappa shape index (κ2) is 6.50. The van der Waals surface area contributed by atoms with E-state index in [1.54, 1.807) is 11.4 Å². The standard InChI is InChI=1S/C15H17NO2S/c1-11(7-12-5-3-2-4-6-12)16-9-14-8-13(10-19-14)15(17)18/h2-6,8,10-11,16H,7,9H2,1H3,(H,17,18). The van der Waals surface area contributed by atoms with E-state index in [0.29, 0.717) is 18.2 Å². The molecule has 3 nitrogen and oxygen atoms in total. The minimum Gasteiger partial charge on any atom is -0.478 e. The summed E-state index contributed by atoms with van der Waals surface area (Å²) in [6.07, 6.45) is 0.970. The van der Waals surface area contributed by atoms with Crippen molar-refractivity contribution >= 4 is 17.3 Å². The van der Waals surface area contributed by atoms with Gasteiger partial charge in [0.15, 0.2) is 0 Å². The first-order valence-corrected chi connectivity index (χ1v) is 7.11. The molecule has 2 rings (SSSR count). The first-order valence-electron chi connectivity index (χ1n) is 6.23. The molecule has 0 spiro atoms. The molecule has 1 aromatic heterocycles. The lowest BCUT2D eigenvalue weighted by molar-refractivity contribution is 0.0697. The number of hydrogen-bond donors (Lipinski definition) is 2. The van der Waals surface area contributed by atoms with Gasteiger partial charge in [-0.1, -0.05) is 30.3 Å². The summed E-state index contributed by atoms with van der Waals surface area (Å²) >= 11 is 1.48. The highest BCUT2D eigenvalue weighted by Gasteiger charge is 2.08. The van der Waals surface area contributed by atoms with Gasteiger partial charge in [-0.2, -0.15) is 0 Å². The molecule has 0 bridgehead atoms. The van der Waals surface area contributed by atoms with Crippen LogP contribution in [0.15, 0.2) is 41.8 Å². The van der Waals surface area contributed by atoms with Gasteiger partial charge >= 0.3 is 5.97 Å². The summed E-state index contributed by atoms with van der Waals surface area (Å²) in [7, 11) is 0. The molecule has 2 aromatic rings. The summed E-state index contributed by atoms with van der Waals surface area (Å²) in [6, 6.07) is 12.4. The van der Waals surface area contributed by atoms with Crippen molar-refractivity contribution in [1.29, 1.82) is 0 Å². The average Bonchev–Trinajstić information content (AvgIpc) is 2.86. The number of thiophene rings is 1. The predicted octanol–water partition coefficient (Wildman–Crippen LogP) is 3.17. The van der Waals surface area contributed by atoms with Crippen molar-refractivity contribution in [3.8, 4) is 0 Å². The SMILES string of the molecule is CC(Cc1ccccc1)NCc1cc(C(=O)O)cs1. The summed E-state index contributed by atoms with van der Waals surface area (Å²) in [5.41, 5.74) is 1.68. The molecule has 0 aliphatic heterocycles. The van der Waals surface area contributed by atoms with Gasteiger partial charge in [-0.05, 0) is 25.0 Å². The smallest absolute Gasteiger partial charge is 0.336 e. The molecule has 1 atom stereocenters. The third-order valence-electron chi connectivity index (χ3n) is 2.91. The Kier molecular flexibility index (Phi) is 4.71. The maximum Gasteiger partial charge on any atom is 0.336 e. The summed E-state index contributed by atoms with van der Waals surface area (Å²) in [6.45, 7) is 2.85. The van der Waals surface area contributed by atoms with Crippen molar-refractivity contribution in [1.82, 2.24) is 5.32 Å². The lowest BCUT2D eigenvalue weighted by Crippen LogP contribution is -2.27. The molecule has 19 heavy (non-hydrogen) atoms. The van der Waals surface area contributed by atoms with Crippen LogP contribution in [0.2, 0.25) is 0 Å². The summed E-state index contributed by atoms with van der Waals surface area (Å²) < 4.78 is 0. The summed E-state index contributed by atoms with van der Waals surface area (Å²) in [5, 5.41) is 14.0. The highest BCUT2D eigenvalue weighted by molar-refractivity contribution is 7.10. The monoisotopic (exact) mass is 275 g/mol. The Bertz CT molecular complexity index is 536. The summed E-state index contributed by atoms with van der Waals surface area (Å²) in [4.78, 5) is 11.8. The highest BCUT2D eigenvalue weighted by Crippen LogP contribution is 2.15. The van der Waals surface area contributed by atoms with Gasteiger partial charge in [-0.3, -0.25) is 0 Å². The van der Waals surface area contributed by atoms with Gasteiger partial charge in [0, 0.05) is 22.8 Å². The zero-order valence-corrected chi connectivity index (χ0v) is 11.6. The van der Waals surface area contributed by atoms with Gasteiger partial charge in [-0.25, -0.2) is 4.79 Å². The molecule has 0 radical (unpaired) electrons. The van der Waals surface area contributed by atoms with Crippen LogP contribution in [-0.2, 0) is 13.0 Å². The number of benzene rings is 1. The average molecular weight is 275 g/mol. The molecule has 2 N–H and O–H groups in total. The number of rotatable bonds is 6. The van der Waals surface area contributed by atoms with Crippen molar-refractivity contribution in [3.63, 3.8) is 0 Å². The van der Waals surface area contributed by atoms with Gasteiger partial charge in [0.25, 0.3) is 0 Å². The van der Waals surface area contributed by atoms with Gasteiger partial charge in [-0.15, -0.1) is 11.3 Å². The number of nitrogens with one attached hydrogen (secondary N) is 1. The normalized spacial score (nSPS) is 12.3. The molecule has 0 amide bonds.